The van der Waals surface area contributed by atoms with Crippen LogP contribution in [0.2, 0.25) is 5.02 Å². The minimum absolute atomic E-state index is 0.0451. The Labute approximate surface area is 205 Å². The number of hydrogen-bond acceptors (Lipinski definition) is 8. The molecule has 13 heteroatoms. The van der Waals surface area contributed by atoms with E-state index in [0.29, 0.717) is 19.4 Å². The summed E-state index contributed by atoms with van der Waals surface area (Å²) in [6, 6.07) is 4.75. The molecule has 1 atom stereocenters. The number of carbonyl (C=O) groups is 2. The van der Waals surface area contributed by atoms with Crippen molar-refractivity contribution in [3.8, 4) is 5.88 Å². The van der Waals surface area contributed by atoms with E-state index in [0.717, 1.165) is 22.0 Å². The number of amidine groups is 1. The topological polar surface area (TPSA) is 117 Å². The Kier molecular flexibility index (Phi) is 8.90. The number of aliphatic hydroxyl groups is 1. The van der Waals surface area contributed by atoms with Gasteiger partial charge >= 0.3 is 0 Å². The van der Waals surface area contributed by atoms with Crippen molar-refractivity contribution in [2.45, 2.75) is 19.4 Å². The van der Waals surface area contributed by atoms with E-state index in [-0.39, 0.29) is 47.0 Å². The number of rotatable bonds is 9. The van der Waals surface area contributed by atoms with Crippen molar-refractivity contribution < 1.29 is 33.0 Å². The molecular formula is C22H24ClF2N5O5. The van der Waals surface area contributed by atoms with Crippen molar-refractivity contribution in [3.63, 3.8) is 0 Å². The molecule has 1 aliphatic heterocycles. The molecule has 2 heterocycles. The van der Waals surface area contributed by atoms with Crippen molar-refractivity contribution in [1.29, 1.82) is 0 Å². The molecule has 3 rings (SSSR count). The quantitative estimate of drug-likeness (QED) is 0.230. The molecule has 2 aromatic rings. The van der Waals surface area contributed by atoms with E-state index in [4.69, 9.17) is 21.1 Å². The average molecular weight is 512 g/mol. The van der Waals surface area contributed by atoms with Gasteiger partial charge in [-0.1, -0.05) is 17.7 Å². The molecular weight excluding hydrogens is 488 g/mol. The van der Waals surface area contributed by atoms with Gasteiger partial charge in [-0.3, -0.25) is 14.5 Å². The highest BCUT2D eigenvalue weighted by Crippen LogP contribution is 2.30. The summed E-state index contributed by atoms with van der Waals surface area (Å²) in [6.07, 6.45) is 0.543. The molecule has 0 spiro atoms. The molecule has 10 nitrogen and oxygen atoms in total. The van der Waals surface area contributed by atoms with Gasteiger partial charge in [-0.25, -0.2) is 13.8 Å². The molecule has 1 unspecified atom stereocenters. The van der Waals surface area contributed by atoms with Crippen LogP contribution in [0.1, 0.15) is 23.7 Å². The molecule has 0 radical (unpaired) electrons. The largest absolute Gasteiger partial charge is 0.471 e. The summed E-state index contributed by atoms with van der Waals surface area (Å²) in [7, 11) is 1.35. The molecule has 188 valence electrons. The van der Waals surface area contributed by atoms with Crippen LogP contribution >= 0.6 is 11.6 Å². The number of para-hydroxylation sites is 1. The third-order valence-electron chi connectivity index (χ3n) is 5.05. The fourth-order valence-electron chi connectivity index (χ4n) is 3.22. The second kappa shape index (κ2) is 11.9. The molecule has 1 aromatic carbocycles. The van der Waals surface area contributed by atoms with Gasteiger partial charge in [0, 0.05) is 20.0 Å². The standard InChI is InChI=1S/C22H24ClF2N5O5/c1-3-30(12-32)18(10-31)28-29(2)20-17(25)9-14(22(27-20)35-13-7-8-34-11-13)21(33)26-19-15(23)5-4-6-16(19)24/h4-6,9,12-13,31H,3,7-8,10-11H2,1-2H3,(H,26,33)/b28-18-. The highest BCUT2D eigenvalue weighted by atomic mass is 35.5. The first kappa shape index (κ1) is 26.3. The van der Waals surface area contributed by atoms with Crippen molar-refractivity contribution >= 4 is 41.3 Å². The van der Waals surface area contributed by atoms with Crippen molar-refractivity contribution in [2.24, 2.45) is 5.10 Å². The van der Waals surface area contributed by atoms with Gasteiger partial charge in [-0.15, -0.1) is 0 Å². The molecule has 1 aliphatic rings. The molecule has 35 heavy (non-hydrogen) atoms. The Morgan fingerprint density at radius 2 is 2.20 bits per heavy atom. The van der Waals surface area contributed by atoms with Gasteiger partial charge in [0.05, 0.1) is 23.9 Å². The highest BCUT2D eigenvalue weighted by Gasteiger charge is 2.26. The van der Waals surface area contributed by atoms with Gasteiger partial charge in [0.15, 0.2) is 17.5 Å². The monoisotopic (exact) mass is 511 g/mol. The lowest BCUT2D eigenvalue weighted by Gasteiger charge is -2.21. The normalized spacial score (nSPS) is 15.6. The zero-order valence-corrected chi connectivity index (χ0v) is 19.8. The number of nitrogens with one attached hydrogen (secondary N) is 1. The third kappa shape index (κ3) is 6.21. The molecule has 0 saturated carbocycles. The number of aromatic nitrogens is 1. The van der Waals surface area contributed by atoms with E-state index in [1.807, 2.05) is 0 Å². The number of amides is 2. The summed E-state index contributed by atoms with van der Waals surface area (Å²) in [5.41, 5.74) is -0.582. The second-order valence-electron chi connectivity index (χ2n) is 7.39. The Morgan fingerprint density at radius 1 is 1.43 bits per heavy atom. The molecule has 1 fully saturated rings. The molecule has 2 N–H and O–H groups in total. The van der Waals surface area contributed by atoms with E-state index >= 15 is 4.39 Å². The minimum atomic E-state index is -0.956. The Balaban J connectivity index is 2.00. The first-order chi connectivity index (χ1) is 16.8. The maximum atomic E-state index is 15.1. The van der Waals surface area contributed by atoms with Gasteiger partial charge in [0.1, 0.15) is 24.1 Å². The third-order valence-corrected chi connectivity index (χ3v) is 5.36. The lowest BCUT2D eigenvalue weighted by molar-refractivity contribution is -0.114. The first-order valence-corrected chi connectivity index (χ1v) is 11.0. The number of ether oxygens (including phenoxy) is 2. The number of hydrogen-bond donors (Lipinski definition) is 2. The summed E-state index contributed by atoms with van der Waals surface area (Å²) >= 11 is 5.99. The zero-order valence-electron chi connectivity index (χ0n) is 19.0. The lowest BCUT2D eigenvalue weighted by Crippen LogP contribution is -2.34. The van der Waals surface area contributed by atoms with Gasteiger partial charge < -0.3 is 19.9 Å². The maximum Gasteiger partial charge on any atom is 0.261 e. The number of pyridine rings is 1. The predicted octanol–water partition coefficient (Wildman–Crippen LogP) is 2.65. The maximum absolute atomic E-state index is 15.1. The van der Waals surface area contributed by atoms with Crippen LogP contribution in [0.4, 0.5) is 20.3 Å². The summed E-state index contributed by atoms with van der Waals surface area (Å²) in [5, 5.41) is 16.9. The lowest BCUT2D eigenvalue weighted by atomic mass is 10.2. The van der Waals surface area contributed by atoms with Crippen molar-refractivity contribution in [1.82, 2.24) is 9.88 Å². The van der Waals surface area contributed by atoms with Crippen LogP contribution in [0.5, 0.6) is 5.88 Å². The van der Waals surface area contributed by atoms with Crippen LogP contribution in [0.15, 0.2) is 29.4 Å². The summed E-state index contributed by atoms with van der Waals surface area (Å²) in [6.45, 7) is 1.98. The Bertz CT molecular complexity index is 1090. The van der Waals surface area contributed by atoms with Crippen LogP contribution in [0.3, 0.4) is 0 Å². The fourth-order valence-corrected chi connectivity index (χ4v) is 3.43. The summed E-state index contributed by atoms with van der Waals surface area (Å²) < 4.78 is 40.4. The van der Waals surface area contributed by atoms with E-state index in [1.54, 1.807) is 6.92 Å². The molecule has 1 saturated heterocycles. The number of nitrogens with zero attached hydrogens (tertiary/aromatic N) is 4. The van der Waals surface area contributed by atoms with Gasteiger partial charge in [-0.05, 0) is 25.1 Å². The molecule has 0 aliphatic carbocycles. The summed E-state index contributed by atoms with van der Waals surface area (Å²) in [4.78, 5) is 29.4. The number of halogens is 3. The van der Waals surface area contributed by atoms with Crippen molar-refractivity contribution in [2.75, 3.05) is 43.7 Å². The van der Waals surface area contributed by atoms with Crippen LogP contribution in [0, 0.1) is 11.6 Å². The number of anilines is 2. The van der Waals surface area contributed by atoms with Gasteiger partial charge in [0.25, 0.3) is 5.91 Å². The number of hydrazone groups is 1. The van der Waals surface area contributed by atoms with Crippen LogP contribution in [-0.2, 0) is 9.53 Å². The Morgan fingerprint density at radius 3 is 2.80 bits per heavy atom. The number of benzene rings is 1. The van der Waals surface area contributed by atoms with Crippen LogP contribution in [-0.4, -0.2) is 72.7 Å². The van der Waals surface area contributed by atoms with Gasteiger partial charge in [-0.2, -0.15) is 10.1 Å². The van der Waals surface area contributed by atoms with Gasteiger partial charge in [0.2, 0.25) is 12.3 Å². The highest BCUT2D eigenvalue weighted by molar-refractivity contribution is 6.34. The fraction of sp³-hybridized carbons (Fsp3) is 0.364. The minimum Gasteiger partial charge on any atom is -0.471 e. The zero-order chi connectivity index (χ0) is 25.5. The van der Waals surface area contributed by atoms with E-state index in [9.17, 15) is 19.1 Å². The smallest absolute Gasteiger partial charge is 0.261 e. The summed E-state index contributed by atoms with van der Waals surface area (Å²) in [5.74, 6) is -3.26. The number of aliphatic hydroxyl groups excluding tert-OH is 1. The predicted molar refractivity (Wildman–Crippen MR) is 125 cm³/mol. The first-order valence-electron chi connectivity index (χ1n) is 10.6. The molecule has 2 amide bonds. The van der Waals surface area contributed by atoms with E-state index in [2.05, 4.69) is 15.4 Å². The number of carbonyl (C=O) groups excluding carboxylic acids is 2. The average Bonchev–Trinajstić information content (AvgIpc) is 3.35. The van der Waals surface area contributed by atoms with E-state index < -0.39 is 30.3 Å². The molecule has 0 bridgehead atoms. The SMILES string of the molecule is CCN(C=O)/C(CO)=N\N(C)c1nc(OC2CCOC2)c(C(=O)Nc2c(F)cccc2Cl)cc1F. The number of likely N-dealkylation sites (N-methyl/N-ethyl adjacent to an activating group) is 1. The second-order valence-corrected chi connectivity index (χ2v) is 7.80. The molecule has 1 aromatic heterocycles. The van der Waals surface area contributed by atoms with Crippen LogP contribution < -0.4 is 15.1 Å². The van der Waals surface area contributed by atoms with E-state index in [1.165, 1.54) is 19.2 Å². The van der Waals surface area contributed by atoms with Crippen LogP contribution in [0.25, 0.3) is 0 Å². The Hall–Kier alpha value is -3.35. The van der Waals surface area contributed by atoms with Crippen molar-refractivity contribution in [3.05, 3.63) is 46.5 Å².